The second kappa shape index (κ2) is 8.13. The Morgan fingerprint density at radius 1 is 1.00 bits per heavy atom. The van der Waals surface area contributed by atoms with Crippen molar-refractivity contribution in [3.8, 4) is 0 Å². The molecule has 0 heterocycles. The van der Waals surface area contributed by atoms with Gasteiger partial charge in [0, 0.05) is 12.8 Å². The molecule has 0 aliphatic rings. The van der Waals surface area contributed by atoms with E-state index in [0.717, 1.165) is 16.7 Å². The number of benzene rings is 2. The minimum absolute atomic E-state index is 0.242. The SMILES string of the molecule is Cc1ccc(C[C@H](NC(=O)CCc2ccccc2)C(=O)O)cc1. The van der Waals surface area contributed by atoms with E-state index >= 15 is 0 Å². The van der Waals surface area contributed by atoms with Gasteiger partial charge in [0.05, 0.1) is 0 Å². The van der Waals surface area contributed by atoms with Crippen molar-refractivity contribution in [1.82, 2.24) is 5.32 Å². The van der Waals surface area contributed by atoms with Crippen molar-refractivity contribution in [2.24, 2.45) is 0 Å². The van der Waals surface area contributed by atoms with Crippen LogP contribution in [0.4, 0.5) is 0 Å². The fraction of sp³-hybridized carbons (Fsp3) is 0.263. The van der Waals surface area contributed by atoms with Crippen molar-refractivity contribution in [2.75, 3.05) is 0 Å². The van der Waals surface area contributed by atoms with Gasteiger partial charge in [0.25, 0.3) is 0 Å². The zero-order chi connectivity index (χ0) is 16.7. The van der Waals surface area contributed by atoms with Crippen LogP contribution in [0, 0.1) is 6.92 Å². The van der Waals surface area contributed by atoms with Gasteiger partial charge in [-0.2, -0.15) is 0 Å². The van der Waals surface area contributed by atoms with Gasteiger partial charge in [-0.15, -0.1) is 0 Å². The van der Waals surface area contributed by atoms with E-state index in [-0.39, 0.29) is 18.7 Å². The van der Waals surface area contributed by atoms with Gasteiger partial charge in [0.15, 0.2) is 0 Å². The molecular formula is C19H21NO3. The minimum atomic E-state index is -1.02. The molecule has 4 heteroatoms. The molecule has 2 aromatic carbocycles. The highest BCUT2D eigenvalue weighted by Crippen LogP contribution is 2.07. The highest BCUT2D eigenvalue weighted by atomic mass is 16.4. The van der Waals surface area contributed by atoms with Crippen LogP contribution in [-0.4, -0.2) is 23.0 Å². The number of carboxylic acids is 1. The summed E-state index contributed by atoms with van der Waals surface area (Å²) in [6, 6.07) is 16.4. The third kappa shape index (κ3) is 5.58. The smallest absolute Gasteiger partial charge is 0.326 e. The maximum atomic E-state index is 12.0. The summed E-state index contributed by atoms with van der Waals surface area (Å²) in [7, 11) is 0. The van der Waals surface area contributed by atoms with Crippen LogP contribution in [0.25, 0.3) is 0 Å². The number of aliphatic carboxylic acids is 1. The van der Waals surface area contributed by atoms with Crippen molar-refractivity contribution < 1.29 is 14.7 Å². The molecule has 2 aromatic rings. The van der Waals surface area contributed by atoms with Gasteiger partial charge < -0.3 is 10.4 Å². The lowest BCUT2D eigenvalue weighted by atomic mass is 10.0. The standard InChI is InChI=1S/C19H21NO3/c1-14-7-9-16(10-8-14)13-17(19(22)23)20-18(21)12-11-15-5-3-2-4-6-15/h2-10,17H,11-13H2,1H3,(H,20,21)(H,22,23)/t17-/m0/s1. The van der Waals surface area contributed by atoms with Gasteiger partial charge in [0.1, 0.15) is 6.04 Å². The maximum absolute atomic E-state index is 12.0. The van der Waals surface area contributed by atoms with Crippen molar-refractivity contribution in [3.63, 3.8) is 0 Å². The van der Waals surface area contributed by atoms with Crippen LogP contribution in [0.1, 0.15) is 23.1 Å². The molecule has 0 aliphatic heterocycles. The number of rotatable bonds is 7. The predicted molar refractivity (Wildman–Crippen MR) is 89.2 cm³/mol. The first-order chi connectivity index (χ1) is 11.0. The van der Waals surface area contributed by atoms with Gasteiger partial charge in [0.2, 0.25) is 5.91 Å². The molecule has 0 saturated carbocycles. The van der Waals surface area contributed by atoms with Crippen molar-refractivity contribution in [3.05, 3.63) is 71.3 Å². The molecule has 0 unspecified atom stereocenters. The lowest BCUT2D eigenvalue weighted by Crippen LogP contribution is -2.42. The Balaban J connectivity index is 1.89. The van der Waals surface area contributed by atoms with Crippen LogP contribution >= 0.6 is 0 Å². The molecule has 0 fully saturated rings. The molecule has 0 spiro atoms. The molecule has 2 N–H and O–H groups in total. The monoisotopic (exact) mass is 311 g/mol. The Morgan fingerprint density at radius 3 is 2.26 bits per heavy atom. The first kappa shape index (κ1) is 16.7. The molecule has 4 nitrogen and oxygen atoms in total. The van der Waals surface area contributed by atoms with E-state index in [2.05, 4.69) is 5.32 Å². The molecule has 0 saturated heterocycles. The Bertz CT molecular complexity index is 650. The number of hydrogen-bond acceptors (Lipinski definition) is 2. The van der Waals surface area contributed by atoms with Crippen molar-refractivity contribution >= 4 is 11.9 Å². The lowest BCUT2D eigenvalue weighted by molar-refractivity contribution is -0.141. The predicted octanol–water partition coefficient (Wildman–Crippen LogP) is 2.74. The normalized spacial score (nSPS) is 11.7. The summed E-state index contributed by atoms with van der Waals surface area (Å²) in [6.45, 7) is 1.98. The quantitative estimate of drug-likeness (QED) is 0.826. The number of amides is 1. The third-order valence-electron chi connectivity index (χ3n) is 3.68. The zero-order valence-corrected chi connectivity index (χ0v) is 13.2. The molecule has 0 aromatic heterocycles. The van der Waals surface area contributed by atoms with E-state index in [4.69, 9.17) is 0 Å². The van der Waals surface area contributed by atoms with Gasteiger partial charge in [-0.3, -0.25) is 4.79 Å². The largest absolute Gasteiger partial charge is 0.480 e. The molecule has 0 bridgehead atoms. The number of hydrogen-bond donors (Lipinski definition) is 2. The minimum Gasteiger partial charge on any atom is -0.480 e. The van der Waals surface area contributed by atoms with Crippen LogP contribution in [0.2, 0.25) is 0 Å². The van der Waals surface area contributed by atoms with Crippen LogP contribution < -0.4 is 5.32 Å². The topological polar surface area (TPSA) is 66.4 Å². The summed E-state index contributed by atoms with van der Waals surface area (Å²) in [5.41, 5.74) is 3.08. The number of carbonyl (C=O) groups is 2. The Kier molecular flexibility index (Phi) is 5.92. The molecule has 120 valence electrons. The maximum Gasteiger partial charge on any atom is 0.326 e. The fourth-order valence-electron chi connectivity index (χ4n) is 2.33. The second-order valence-electron chi connectivity index (χ2n) is 5.63. The molecule has 0 aliphatic carbocycles. The van der Waals surface area contributed by atoms with E-state index in [1.165, 1.54) is 0 Å². The summed E-state index contributed by atoms with van der Waals surface area (Å²) >= 11 is 0. The Labute approximate surface area is 136 Å². The summed E-state index contributed by atoms with van der Waals surface area (Å²) in [5, 5.41) is 11.9. The molecular weight excluding hydrogens is 290 g/mol. The number of nitrogens with one attached hydrogen (secondary N) is 1. The summed E-state index contributed by atoms with van der Waals surface area (Å²) < 4.78 is 0. The molecule has 0 radical (unpaired) electrons. The molecule has 23 heavy (non-hydrogen) atoms. The van der Waals surface area contributed by atoms with Gasteiger partial charge in [-0.1, -0.05) is 60.2 Å². The first-order valence-electron chi connectivity index (χ1n) is 7.66. The van der Waals surface area contributed by atoms with E-state index in [0.29, 0.717) is 6.42 Å². The van der Waals surface area contributed by atoms with E-state index in [1.54, 1.807) is 0 Å². The lowest BCUT2D eigenvalue weighted by Gasteiger charge is -2.15. The van der Waals surface area contributed by atoms with Crippen molar-refractivity contribution in [1.29, 1.82) is 0 Å². The number of carbonyl (C=O) groups excluding carboxylic acids is 1. The highest BCUT2D eigenvalue weighted by Gasteiger charge is 2.20. The Morgan fingerprint density at radius 2 is 1.65 bits per heavy atom. The van der Waals surface area contributed by atoms with Crippen LogP contribution in [0.3, 0.4) is 0 Å². The second-order valence-corrected chi connectivity index (χ2v) is 5.63. The van der Waals surface area contributed by atoms with Crippen molar-refractivity contribution in [2.45, 2.75) is 32.2 Å². The zero-order valence-electron chi connectivity index (χ0n) is 13.2. The summed E-state index contributed by atoms with van der Waals surface area (Å²) in [4.78, 5) is 23.4. The first-order valence-corrected chi connectivity index (χ1v) is 7.66. The highest BCUT2D eigenvalue weighted by molar-refractivity contribution is 5.83. The number of carboxylic acid groups (broad SMARTS) is 1. The molecule has 2 rings (SSSR count). The summed E-state index contributed by atoms with van der Waals surface area (Å²) in [5.74, 6) is -1.26. The third-order valence-corrected chi connectivity index (χ3v) is 3.68. The summed E-state index contributed by atoms with van der Waals surface area (Å²) in [6.07, 6.45) is 1.16. The average Bonchev–Trinajstić information content (AvgIpc) is 2.55. The Hall–Kier alpha value is -2.62. The van der Waals surface area contributed by atoms with E-state index in [9.17, 15) is 14.7 Å². The van der Waals surface area contributed by atoms with E-state index in [1.807, 2.05) is 61.5 Å². The van der Waals surface area contributed by atoms with Gasteiger partial charge >= 0.3 is 5.97 Å². The van der Waals surface area contributed by atoms with Gasteiger partial charge in [-0.05, 0) is 24.5 Å². The molecule has 1 amide bonds. The average molecular weight is 311 g/mol. The van der Waals surface area contributed by atoms with Gasteiger partial charge in [-0.25, -0.2) is 4.79 Å². The molecule has 1 atom stereocenters. The van der Waals surface area contributed by atoms with Crippen LogP contribution in [-0.2, 0) is 22.4 Å². The van der Waals surface area contributed by atoms with Crippen LogP contribution in [0.5, 0.6) is 0 Å². The number of aryl methyl sites for hydroxylation is 2. The van der Waals surface area contributed by atoms with Crippen LogP contribution in [0.15, 0.2) is 54.6 Å². The fourth-order valence-corrected chi connectivity index (χ4v) is 2.33. The van der Waals surface area contributed by atoms with E-state index < -0.39 is 12.0 Å².